The van der Waals surface area contributed by atoms with Crippen LogP contribution in [0.25, 0.3) is 0 Å². The third-order valence-corrected chi connectivity index (χ3v) is 4.23. The zero-order valence-electron chi connectivity index (χ0n) is 14.3. The summed E-state index contributed by atoms with van der Waals surface area (Å²) in [6.07, 6.45) is 1.52. The number of hydrogen-bond acceptors (Lipinski definition) is 4. The molecule has 0 saturated carbocycles. The highest BCUT2D eigenvalue weighted by atomic mass is 79.9. The van der Waals surface area contributed by atoms with E-state index in [9.17, 15) is 9.90 Å². The van der Waals surface area contributed by atoms with Gasteiger partial charge in [-0.25, -0.2) is 5.43 Å². The Hall–Kier alpha value is -3.12. The molecule has 3 aromatic carbocycles. The van der Waals surface area contributed by atoms with Crippen LogP contribution in [0.1, 0.15) is 21.5 Å². The van der Waals surface area contributed by atoms with Crippen molar-refractivity contribution in [1.29, 1.82) is 0 Å². The SMILES string of the molecule is O=C(N/N=C\c1cccc(OCc2ccc(Br)cc2)c1)c1ccccc1O. The van der Waals surface area contributed by atoms with E-state index >= 15 is 0 Å². The first kappa shape index (κ1) is 18.7. The first-order valence-electron chi connectivity index (χ1n) is 8.20. The molecule has 0 spiro atoms. The van der Waals surface area contributed by atoms with E-state index < -0.39 is 5.91 Å². The molecule has 0 aliphatic heterocycles. The van der Waals surface area contributed by atoms with Crippen molar-refractivity contribution in [2.45, 2.75) is 6.61 Å². The minimum Gasteiger partial charge on any atom is -0.507 e. The Balaban J connectivity index is 1.58. The summed E-state index contributed by atoms with van der Waals surface area (Å²) in [5, 5.41) is 13.6. The lowest BCUT2D eigenvalue weighted by Gasteiger charge is -2.07. The highest BCUT2D eigenvalue weighted by Crippen LogP contribution is 2.17. The molecule has 5 nitrogen and oxygen atoms in total. The van der Waals surface area contributed by atoms with Gasteiger partial charge < -0.3 is 9.84 Å². The van der Waals surface area contributed by atoms with E-state index in [0.717, 1.165) is 15.6 Å². The Kier molecular flexibility index (Phi) is 6.22. The third-order valence-electron chi connectivity index (χ3n) is 3.71. The summed E-state index contributed by atoms with van der Waals surface area (Å²) in [5.74, 6) is 0.134. The topological polar surface area (TPSA) is 70.9 Å². The van der Waals surface area contributed by atoms with Crippen molar-refractivity contribution < 1.29 is 14.6 Å². The van der Waals surface area contributed by atoms with Gasteiger partial charge in [0.2, 0.25) is 0 Å². The Bertz CT molecular complexity index is 956. The number of halogens is 1. The van der Waals surface area contributed by atoms with Gasteiger partial charge in [-0.05, 0) is 47.5 Å². The average Bonchev–Trinajstić information content (AvgIpc) is 2.68. The van der Waals surface area contributed by atoms with Crippen molar-refractivity contribution in [3.8, 4) is 11.5 Å². The smallest absolute Gasteiger partial charge is 0.275 e. The molecule has 0 saturated heterocycles. The van der Waals surface area contributed by atoms with Crippen molar-refractivity contribution in [2.75, 3.05) is 0 Å². The summed E-state index contributed by atoms with van der Waals surface area (Å²) in [5.41, 5.74) is 4.40. The molecule has 3 rings (SSSR count). The lowest BCUT2D eigenvalue weighted by atomic mass is 10.2. The number of nitrogens with zero attached hydrogens (tertiary/aromatic N) is 1. The lowest BCUT2D eigenvalue weighted by molar-refractivity contribution is 0.0952. The molecule has 6 heteroatoms. The average molecular weight is 425 g/mol. The highest BCUT2D eigenvalue weighted by molar-refractivity contribution is 9.10. The van der Waals surface area contributed by atoms with Crippen LogP contribution in [0.2, 0.25) is 0 Å². The van der Waals surface area contributed by atoms with E-state index in [1.54, 1.807) is 12.1 Å². The van der Waals surface area contributed by atoms with Crippen molar-refractivity contribution in [2.24, 2.45) is 5.10 Å². The molecule has 1 amide bonds. The predicted octanol–water partition coefficient (Wildman–Crippen LogP) is 4.50. The van der Waals surface area contributed by atoms with Gasteiger partial charge in [-0.1, -0.05) is 52.3 Å². The molecule has 0 radical (unpaired) electrons. The van der Waals surface area contributed by atoms with Crippen LogP contribution >= 0.6 is 15.9 Å². The number of para-hydroxylation sites is 1. The van der Waals surface area contributed by atoms with Crippen LogP contribution in [0.4, 0.5) is 0 Å². The molecule has 0 atom stereocenters. The fourth-order valence-corrected chi connectivity index (χ4v) is 2.59. The number of carbonyl (C=O) groups is 1. The summed E-state index contributed by atoms with van der Waals surface area (Å²) in [6.45, 7) is 0.456. The van der Waals surface area contributed by atoms with Crippen LogP contribution in [0.15, 0.2) is 82.4 Å². The Morgan fingerprint density at radius 1 is 1.07 bits per heavy atom. The van der Waals surface area contributed by atoms with Gasteiger partial charge in [0.15, 0.2) is 0 Å². The van der Waals surface area contributed by atoms with E-state index in [-0.39, 0.29) is 11.3 Å². The quantitative estimate of drug-likeness (QED) is 0.452. The number of hydrogen-bond donors (Lipinski definition) is 2. The Morgan fingerprint density at radius 3 is 2.63 bits per heavy atom. The molecule has 2 N–H and O–H groups in total. The molecule has 27 heavy (non-hydrogen) atoms. The van der Waals surface area contributed by atoms with Crippen LogP contribution < -0.4 is 10.2 Å². The molecule has 0 unspecified atom stereocenters. The van der Waals surface area contributed by atoms with Crippen LogP contribution in [0.3, 0.4) is 0 Å². The molecular formula is C21H17BrN2O3. The largest absolute Gasteiger partial charge is 0.507 e. The second-order valence-corrected chi connectivity index (χ2v) is 6.62. The summed E-state index contributed by atoms with van der Waals surface area (Å²) in [6, 6.07) is 21.6. The van der Waals surface area contributed by atoms with Gasteiger partial charge in [0, 0.05) is 4.47 Å². The number of carbonyl (C=O) groups excluding carboxylic acids is 1. The fraction of sp³-hybridized carbons (Fsp3) is 0.0476. The Labute approximate surface area is 165 Å². The summed E-state index contributed by atoms with van der Waals surface area (Å²) in [4.78, 5) is 12.0. The number of phenols is 1. The zero-order valence-corrected chi connectivity index (χ0v) is 15.9. The molecule has 136 valence electrons. The maximum absolute atomic E-state index is 12.0. The number of hydrazone groups is 1. The molecule has 0 heterocycles. The zero-order chi connectivity index (χ0) is 19.1. The van der Waals surface area contributed by atoms with Gasteiger partial charge in [-0.3, -0.25) is 4.79 Å². The van der Waals surface area contributed by atoms with E-state index in [0.29, 0.717) is 12.4 Å². The van der Waals surface area contributed by atoms with Crippen molar-refractivity contribution in [3.05, 3.63) is 94.0 Å². The molecule has 3 aromatic rings. The van der Waals surface area contributed by atoms with Crippen LogP contribution in [0.5, 0.6) is 11.5 Å². The van der Waals surface area contributed by atoms with Crippen molar-refractivity contribution in [3.63, 3.8) is 0 Å². The second-order valence-electron chi connectivity index (χ2n) is 5.70. The molecule has 0 fully saturated rings. The van der Waals surface area contributed by atoms with Crippen LogP contribution in [0, 0.1) is 0 Å². The summed E-state index contributed by atoms with van der Waals surface area (Å²) < 4.78 is 6.81. The molecule has 0 bridgehead atoms. The lowest BCUT2D eigenvalue weighted by Crippen LogP contribution is -2.17. The van der Waals surface area contributed by atoms with Crippen molar-refractivity contribution >= 4 is 28.1 Å². The molecule has 0 aromatic heterocycles. The molecule has 0 aliphatic rings. The van der Waals surface area contributed by atoms with Gasteiger partial charge in [0.1, 0.15) is 18.1 Å². The number of rotatable bonds is 6. The van der Waals surface area contributed by atoms with E-state index in [4.69, 9.17) is 4.74 Å². The monoisotopic (exact) mass is 424 g/mol. The van der Waals surface area contributed by atoms with Gasteiger partial charge in [-0.2, -0.15) is 5.10 Å². The van der Waals surface area contributed by atoms with E-state index in [1.165, 1.54) is 18.3 Å². The Morgan fingerprint density at radius 2 is 1.85 bits per heavy atom. The number of phenolic OH excluding ortho intramolecular Hbond substituents is 1. The molecule has 0 aliphatic carbocycles. The predicted molar refractivity (Wildman–Crippen MR) is 108 cm³/mol. The first-order chi connectivity index (χ1) is 13.1. The molecular weight excluding hydrogens is 408 g/mol. The maximum Gasteiger partial charge on any atom is 0.275 e. The first-order valence-corrected chi connectivity index (χ1v) is 9.00. The number of nitrogens with one attached hydrogen (secondary N) is 1. The van der Waals surface area contributed by atoms with Gasteiger partial charge in [0.25, 0.3) is 5.91 Å². The van der Waals surface area contributed by atoms with E-state index in [2.05, 4.69) is 26.5 Å². The summed E-state index contributed by atoms with van der Waals surface area (Å²) >= 11 is 3.40. The minimum absolute atomic E-state index is 0.0893. The normalized spacial score (nSPS) is 10.7. The third kappa shape index (κ3) is 5.43. The highest BCUT2D eigenvalue weighted by Gasteiger charge is 2.08. The maximum atomic E-state index is 12.0. The number of amides is 1. The van der Waals surface area contributed by atoms with Gasteiger partial charge in [0.05, 0.1) is 11.8 Å². The fourth-order valence-electron chi connectivity index (χ4n) is 2.32. The number of aromatic hydroxyl groups is 1. The number of benzene rings is 3. The number of ether oxygens (including phenoxy) is 1. The minimum atomic E-state index is -0.480. The standard InChI is InChI=1S/C21H17BrN2O3/c22-17-10-8-15(9-11-17)14-27-18-5-3-4-16(12-18)13-23-24-21(26)19-6-1-2-7-20(19)25/h1-13,25H,14H2,(H,24,26)/b23-13-. The summed E-state index contributed by atoms with van der Waals surface area (Å²) in [7, 11) is 0. The van der Waals surface area contributed by atoms with Crippen molar-refractivity contribution in [1.82, 2.24) is 5.43 Å². The van der Waals surface area contributed by atoms with Gasteiger partial charge >= 0.3 is 0 Å². The van der Waals surface area contributed by atoms with Gasteiger partial charge in [-0.15, -0.1) is 0 Å². The van der Waals surface area contributed by atoms with Crippen LogP contribution in [-0.4, -0.2) is 17.2 Å². The second kappa shape index (κ2) is 9.00. The van der Waals surface area contributed by atoms with Crippen LogP contribution in [-0.2, 0) is 6.61 Å². The van der Waals surface area contributed by atoms with E-state index in [1.807, 2.05) is 48.5 Å².